The first kappa shape index (κ1) is 14.0. The lowest BCUT2D eigenvalue weighted by molar-refractivity contribution is 1.65. The maximum Gasteiger partial charge on any atom is 0.0254 e. The zero-order chi connectivity index (χ0) is 15.1. The number of rotatable bonds is 1. The van der Waals surface area contributed by atoms with E-state index in [1.54, 1.807) is 0 Å². The second-order valence-electron chi connectivity index (χ2n) is 5.31. The van der Waals surface area contributed by atoms with E-state index in [4.69, 9.17) is 0 Å². The summed E-state index contributed by atoms with van der Waals surface area (Å²) in [4.78, 5) is 0. The van der Waals surface area contributed by atoms with Gasteiger partial charge in [0.05, 0.1) is 0 Å². The summed E-state index contributed by atoms with van der Waals surface area (Å²) in [6.45, 7) is 0. The van der Waals surface area contributed by atoms with Gasteiger partial charge in [-0.15, -0.1) is 0 Å². The third kappa shape index (κ3) is 2.27. The molecule has 0 bridgehead atoms. The van der Waals surface area contributed by atoms with Crippen LogP contribution in [-0.2, 0) is 0 Å². The van der Waals surface area contributed by atoms with Gasteiger partial charge in [-0.05, 0) is 50.9 Å². The average Bonchev–Trinajstić information content (AvgIpc) is 2.55. The summed E-state index contributed by atoms with van der Waals surface area (Å²) in [5, 5.41) is 5.04. The molecule has 106 valence electrons. The molecule has 0 radical (unpaired) electrons. The van der Waals surface area contributed by atoms with Gasteiger partial charge in [-0.3, -0.25) is 0 Å². The molecular weight excluding hydrogens is 400 g/mol. The molecule has 4 aromatic rings. The summed E-state index contributed by atoms with van der Waals surface area (Å²) in [6.07, 6.45) is 0. The van der Waals surface area contributed by atoms with Crippen LogP contribution in [0.3, 0.4) is 0 Å². The van der Waals surface area contributed by atoms with E-state index in [-0.39, 0.29) is 0 Å². The molecule has 4 rings (SSSR count). The van der Waals surface area contributed by atoms with E-state index in [1.165, 1.54) is 32.7 Å². The molecule has 0 fully saturated rings. The van der Waals surface area contributed by atoms with Crippen LogP contribution < -0.4 is 0 Å². The molecule has 2 heteroatoms. The molecular formula is C20H12Br2. The highest BCUT2D eigenvalue weighted by molar-refractivity contribution is 9.11. The summed E-state index contributed by atoms with van der Waals surface area (Å²) in [5.41, 5.74) is 2.54. The molecule has 0 aromatic heterocycles. The lowest BCUT2D eigenvalue weighted by atomic mass is 9.94. The van der Waals surface area contributed by atoms with Gasteiger partial charge in [-0.2, -0.15) is 0 Å². The number of hydrogen-bond donors (Lipinski definition) is 0. The molecule has 0 saturated carbocycles. The third-order valence-corrected chi connectivity index (χ3v) is 5.19. The van der Waals surface area contributed by atoms with Crippen molar-refractivity contribution in [3.8, 4) is 11.1 Å². The van der Waals surface area contributed by atoms with Crippen LogP contribution in [0.2, 0.25) is 0 Å². The summed E-state index contributed by atoms with van der Waals surface area (Å²) in [5.74, 6) is 0. The summed E-state index contributed by atoms with van der Waals surface area (Å²) < 4.78 is 2.24. The minimum atomic E-state index is 1.11. The number of hydrogen-bond acceptors (Lipinski definition) is 0. The van der Waals surface area contributed by atoms with E-state index in [1.807, 2.05) is 0 Å². The third-order valence-electron chi connectivity index (χ3n) is 4.00. The van der Waals surface area contributed by atoms with Crippen molar-refractivity contribution in [2.75, 3.05) is 0 Å². The quantitative estimate of drug-likeness (QED) is 0.311. The summed E-state index contributed by atoms with van der Waals surface area (Å²) >= 11 is 7.21. The predicted molar refractivity (Wildman–Crippen MR) is 102 cm³/mol. The van der Waals surface area contributed by atoms with Crippen LogP contribution in [-0.4, -0.2) is 0 Å². The maximum atomic E-state index is 3.66. The molecule has 0 aliphatic carbocycles. The van der Waals surface area contributed by atoms with Crippen molar-refractivity contribution in [1.82, 2.24) is 0 Å². The van der Waals surface area contributed by atoms with Crippen LogP contribution in [0.4, 0.5) is 0 Å². The Kier molecular flexibility index (Phi) is 3.51. The minimum absolute atomic E-state index is 1.11. The minimum Gasteiger partial charge on any atom is -0.0616 e. The molecule has 0 saturated heterocycles. The Morgan fingerprint density at radius 2 is 1.32 bits per heavy atom. The van der Waals surface area contributed by atoms with Crippen molar-refractivity contribution >= 4 is 53.4 Å². The Bertz CT molecular complexity index is 1000. The van der Waals surface area contributed by atoms with Gasteiger partial charge in [0.1, 0.15) is 0 Å². The van der Waals surface area contributed by atoms with Crippen molar-refractivity contribution in [2.45, 2.75) is 0 Å². The van der Waals surface area contributed by atoms with Gasteiger partial charge in [-0.1, -0.05) is 86.5 Å². The second-order valence-corrected chi connectivity index (χ2v) is 7.08. The Hall–Kier alpha value is -1.64. The van der Waals surface area contributed by atoms with Crippen LogP contribution in [0, 0.1) is 0 Å². The van der Waals surface area contributed by atoms with Crippen molar-refractivity contribution < 1.29 is 0 Å². The van der Waals surface area contributed by atoms with Gasteiger partial charge < -0.3 is 0 Å². The van der Waals surface area contributed by atoms with Gasteiger partial charge >= 0.3 is 0 Å². The Morgan fingerprint density at radius 3 is 2.18 bits per heavy atom. The molecule has 0 aliphatic rings. The lowest BCUT2D eigenvalue weighted by Crippen LogP contribution is -1.85. The molecule has 0 amide bonds. The predicted octanol–water partition coefficient (Wildman–Crippen LogP) is 7.19. The number of benzene rings is 4. The van der Waals surface area contributed by atoms with Crippen LogP contribution >= 0.6 is 31.9 Å². The topological polar surface area (TPSA) is 0 Å². The first-order valence-electron chi connectivity index (χ1n) is 7.10. The van der Waals surface area contributed by atoms with Crippen LogP contribution in [0.15, 0.2) is 81.7 Å². The molecule has 0 spiro atoms. The fraction of sp³-hybridized carbons (Fsp3) is 0. The number of fused-ring (bicyclic) bond motifs is 2. The standard InChI is InChI=1S/C20H12Br2/c21-14-8-9-15-13(12-14)4-3-7-16(15)18-10-11-20(22)19-6-2-1-5-17(18)19/h1-12H. The molecule has 0 atom stereocenters. The van der Waals surface area contributed by atoms with E-state index < -0.39 is 0 Å². The van der Waals surface area contributed by atoms with Crippen molar-refractivity contribution in [3.63, 3.8) is 0 Å². The first-order chi connectivity index (χ1) is 10.7. The maximum absolute atomic E-state index is 3.66. The summed E-state index contributed by atoms with van der Waals surface area (Å²) in [6, 6.07) is 25.8. The van der Waals surface area contributed by atoms with Crippen molar-refractivity contribution in [3.05, 3.63) is 81.7 Å². The Labute approximate surface area is 146 Å². The highest BCUT2D eigenvalue weighted by atomic mass is 79.9. The monoisotopic (exact) mass is 410 g/mol. The fourth-order valence-corrected chi connectivity index (χ4v) is 3.84. The lowest BCUT2D eigenvalue weighted by Gasteiger charge is -2.11. The van der Waals surface area contributed by atoms with Crippen molar-refractivity contribution in [2.24, 2.45) is 0 Å². The van der Waals surface area contributed by atoms with Gasteiger partial charge in [0.2, 0.25) is 0 Å². The van der Waals surface area contributed by atoms with Crippen LogP contribution in [0.5, 0.6) is 0 Å². The summed E-state index contributed by atoms with van der Waals surface area (Å²) in [7, 11) is 0. The van der Waals surface area contributed by atoms with Gasteiger partial charge in [0, 0.05) is 8.95 Å². The van der Waals surface area contributed by atoms with Gasteiger partial charge in [-0.25, -0.2) is 0 Å². The van der Waals surface area contributed by atoms with E-state index >= 15 is 0 Å². The molecule has 0 unspecified atom stereocenters. The van der Waals surface area contributed by atoms with E-state index in [0.717, 1.165) is 8.95 Å². The molecule has 0 heterocycles. The van der Waals surface area contributed by atoms with E-state index in [9.17, 15) is 0 Å². The van der Waals surface area contributed by atoms with Crippen LogP contribution in [0.1, 0.15) is 0 Å². The Balaban J connectivity index is 2.10. The molecule has 22 heavy (non-hydrogen) atoms. The van der Waals surface area contributed by atoms with E-state index in [0.29, 0.717) is 0 Å². The molecule has 0 aliphatic heterocycles. The fourth-order valence-electron chi connectivity index (χ4n) is 2.99. The largest absolute Gasteiger partial charge is 0.0616 e. The molecule has 0 N–H and O–H groups in total. The highest BCUT2D eigenvalue weighted by Crippen LogP contribution is 2.37. The Morgan fingerprint density at radius 1 is 0.545 bits per heavy atom. The number of halogens is 2. The highest BCUT2D eigenvalue weighted by Gasteiger charge is 2.09. The SMILES string of the molecule is Brc1ccc2c(-c3ccc(Br)c4ccccc34)cccc2c1. The zero-order valence-electron chi connectivity index (χ0n) is 11.7. The van der Waals surface area contributed by atoms with Gasteiger partial charge in [0.25, 0.3) is 0 Å². The first-order valence-corrected chi connectivity index (χ1v) is 8.68. The van der Waals surface area contributed by atoms with Crippen molar-refractivity contribution in [1.29, 1.82) is 0 Å². The smallest absolute Gasteiger partial charge is 0.0254 e. The molecule has 0 nitrogen and oxygen atoms in total. The normalized spacial score (nSPS) is 11.2. The van der Waals surface area contributed by atoms with Gasteiger partial charge in [0.15, 0.2) is 0 Å². The van der Waals surface area contributed by atoms with E-state index in [2.05, 4.69) is 105 Å². The second kappa shape index (κ2) is 5.53. The average molecular weight is 412 g/mol. The zero-order valence-corrected chi connectivity index (χ0v) is 14.9. The van der Waals surface area contributed by atoms with Crippen LogP contribution in [0.25, 0.3) is 32.7 Å². The molecule has 4 aromatic carbocycles.